The van der Waals surface area contributed by atoms with Crippen molar-refractivity contribution in [1.82, 2.24) is 9.78 Å². The Morgan fingerprint density at radius 3 is 3.00 bits per heavy atom. The number of aromatic nitrogens is 2. The molecule has 0 radical (unpaired) electrons. The molecule has 0 unspecified atom stereocenters. The van der Waals surface area contributed by atoms with Crippen LogP contribution in [0, 0.1) is 0 Å². The summed E-state index contributed by atoms with van der Waals surface area (Å²) in [7, 11) is 1.89. The molecule has 1 N–H and O–H groups in total. The highest BCUT2D eigenvalue weighted by Crippen LogP contribution is 2.03. The van der Waals surface area contributed by atoms with Crippen molar-refractivity contribution >= 4 is 5.69 Å². The molecule has 3 nitrogen and oxygen atoms in total. The van der Waals surface area contributed by atoms with Crippen molar-refractivity contribution in [2.24, 2.45) is 7.05 Å². The van der Waals surface area contributed by atoms with E-state index in [0.29, 0.717) is 0 Å². The van der Waals surface area contributed by atoms with Crippen LogP contribution in [0.15, 0.2) is 24.5 Å². The first-order chi connectivity index (χ1) is 5.18. The molecule has 0 aliphatic carbocycles. The van der Waals surface area contributed by atoms with E-state index in [1.165, 1.54) is 0 Å². The average Bonchev–Trinajstić information content (AvgIpc) is 2.31. The van der Waals surface area contributed by atoms with Crippen LogP contribution in [-0.4, -0.2) is 16.3 Å². The monoisotopic (exact) mass is 151 g/mol. The van der Waals surface area contributed by atoms with Crippen molar-refractivity contribution in [3.63, 3.8) is 0 Å². The highest BCUT2D eigenvalue weighted by Gasteiger charge is 1.92. The van der Waals surface area contributed by atoms with Gasteiger partial charge in [-0.3, -0.25) is 4.68 Å². The van der Waals surface area contributed by atoms with Crippen molar-refractivity contribution < 1.29 is 0 Å². The number of nitrogens with zero attached hydrogens (tertiary/aromatic N) is 2. The van der Waals surface area contributed by atoms with Crippen LogP contribution in [0.25, 0.3) is 0 Å². The lowest BCUT2D eigenvalue weighted by atomic mass is 10.3. The van der Waals surface area contributed by atoms with Crippen LogP contribution in [0.5, 0.6) is 0 Å². The minimum Gasteiger partial charge on any atom is -0.379 e. The van der Waals surface area contributed by atoms with E-state index in [4.69, 9.17) is 0 Å². The van der Waals surface area contributed by atoms with Gasteiger partial charge in [0.05, 0.1) is 11.9 Å². The molecular weight excluding hydrogens is 138 g/mol. The van der Waals surface area contributed by atoms with Gasteiger partial charge in [-0.15, -0.1) is 0 Å². The molecule has 1 heterocycles. The van der Waals surface area contributed by atoms with Crippen LogP contribution in [0.2, 0.25) is 0 Å². The van der Waals surface area contributed by atoms with Crippen LogP contribution in [0.3, 0.4) is 0 Å². The topological polar surface area (TPSA) is 29.9 Å². The number of hydrogen-bond acceptors (Lipinski definition) is 2. The second-order valence-electron chi connectivity index (χ2n) is 2.71. The smallest absolute Gasteiger partial charge is 0.0728 e. The molecule has 0 saturated heterocycles. The maximum atomic E-state index is 4.02. The molecule has 11 heavy (non-hydrogen) atoms. The molecule has 0 aliphatic heterocycles. The maximum Gasteiger partial charge on any atom is 0.0728 e. The molecule has 0 fully saturated rings. The number of rotatable bonds is 3. The minimum absolute atomic E-state index is 0.811. The van der Waals surface area contributed by atoms with E-state index in [9.17, 15) is 0 Å². The highest BCUT2D eigenvalue weighted by molar-refractivity contribution is 5.39. The fourth-order valence-electron chi connectivity index (χ4n) is 0.765. The van der Waals surface area contributed by atoms with E-state index in [1.807, 2.05) is 20.2 Å². The predicted octanol–water partition coefficient (Wildman–Crippen LogP) is 1.41. The summed E-state index contributed by atoms with van der Waals surface area (Å²) in [5.41, 5.74) is 2.16. The lowest BCUT2D eigenvalue weighted by molar-refractivity contribution is 0.768. The van der Waals surface area contributed by atoms with Crippen molar-refractivity contribution in [3.05, 3.63) is 24.5 Å². The first-order valence-electron chi connectivity index (χ1n) is 3.55. The summed E-state index contributed by atoms with van der Waals surface area (Å²) in [6.45, 7) is 6.59. The summed E-state index contributed by atoms with van der Waals surface area (Å²) >= 11 is 0. The van der Waals surface area contributed by atoms with Gasteiger partial charge < -0.3 is 5.32 Å². The van der Waals surface area contributed by atoms with E-state index in [0.717, 1.165) is 17.8 Å². The standard InChI is InChI=1S/C8H13N3/c1-7(2)4-9-8-5-10-11(3)6-8/h5-6,9H,1,4H2,2-3H3. The molecule has 0 amide bonds. The number of hydrogen-bond donors (Lipinski definition) is 1. The Balaban J connectivity index is 2.45. The summed E-state index contributed by atoms with van der Waals surface area (Å²) in [6.07, 6.45) is 3.73. The van der Waals surface area contributed by atoms with Crippen molar-refractivity contribution in [2.75, 3.05) is 11.9 Å². The van der Waals surface area contributed by atoms with Gasteiger partial charge >= 0.3 is 0 Å². The third-order valence-corrected chi connectivity index (χ3v) is 1.30. The normalized spacial score (nSPS) is 9.64. The van der Waals surface area contributed by atoms with Gasteiger partial charge in [0.2, 0.25) is 0 Å². The molecule has 1 aromatic rings. The average molecular weight is 151 g/mol. The minimum atomic E-state index is 0.811. The van der Waals surface area contributed by atoms with Gasteiger partial charge in [-0.1, -0.05) is 12.2 Å². The lowest BCUT2D eigenvalue weighted by Gasteiger charge is -2.00. The van der Waals surface area contributed by atoms with Crippen molar-refractivity contribution in [1.29, 1.82) is 0 Å². The SMILES string of the molecule is C=C(C)CNc1cnn(C)c1. The number of aryl methyl sites for hydroxylation is 1. The summed E-state index contributed by atoms with van der Waals surface area (Å²) < 4.78 is 1.76. The molecule has 0 atom stereocenters. The van der Waals surface area contributed by atoms with Gasteiger partial charge in [0.1, 0.15) is 0 Å². The summed E-state index contributed by atoms with van der Waals surface area (Å²) in [4.78, 5) is 0. The van der Waals surface area contributed by atoms with Gasteiger partial charge in [0.25, 0.3) is 0 Å². The Kier molecular flexibility index (Phi) is 2.31. The van der Waals surface area contributed by atoms with Gasteiger partial charge in [-0.2, -0.15) is 5.10 Å². The van der Waals surface area contributed by atoms with Crippen LogP contribution < -0.4 is 5.32 Å². The largest absolute Gasteiger partial charge is 0.379 e. The summed E-state index contributed by atoms with van der Waals surface area (Å²) in [5.74, 6) is 0. The molecule has 60 valence electrons. The van der Waals surface area contributed by atoms with E-state index >= 15 is 0 Å². The van der Waals surface area contributed by atoms with Gasteiger partial charge in [0, 0.05) is 19.8 Å². The molecule has 0 spiro atoms. The molecule has 0 aliphatic rings. The molecular formula is C8H13N3. The van der Waals surface area contributed by atoms with Gasteiger partial charge in [-0.05, 0) is 6.92 Å². The Labute approximate surface area is 66.7 Å². The van der Waals surface area contributed by atoms with E-state index in [-0.39, 0.29) is 0 Å². The fraction of sp³-hybridized carbons (Fsp3) is 0.375. The number of nitrogens with one attached hydrogen (secondary N) is 1. The van der Waals surface area contributed by atoms with Gasteiger partial charge in [0.15, 0.2) is 0 Å². The third kappa shape index (κ3) is 2.45. The molecule has 3 heteroatoms. The maximum absolute atomic E-state index is 4.02. The van der Waals surface area contributed by atoms with Crippen molar-refractivity contribution in [2.45, 2.75) is 6.92 Å². The van der Waals surface area contributed by atoms with E-state index in [1.54, 1.807) is 10.9 Å². The second-order valence-corrected chi connectivity index (χ2v) is 2.71. The molecule has 0 saturated carbocycles. The van der Waals surface area contributed by atoms with Crippen molar-refractivity contribution in [3.8, 4) is 0 Å². The Morgan fingerprint density at radius 1 is 1.82 bits per heavy atom. The molecule has 0 bridgehead atoms. The first-order valence-corrected chi connectivity index (χ1v) is 3.55. The third-order valence-electron chi connectivity index (χ3n) is 1.30. The Bertz CT molecular complexity index is 250. The van der Waals surface area contributed by atoms with Gasteiger partial charge in [-0.25, -0.2) is 0 Å². The highest BCUT2D eigenvalue weighted by atomic mass is 15.3. The fourth-order valence-corrected chi connectivity index (χ4v) is 0.765. The van der Waals surface area contributed by atoms with Crippen LogP contribution in [0.1, 0.15) is 6.92 Å². The quantitative estimate of drug-likeness (QED) is 0.662. The zero-order valence-electron chi connectivity index (χ0n) is 6.96. The van der Waals surface area contributed by atoms with Crippen LogP contribution in [0.4, 0.5) is 5.69 Å². The molecule has 0 aromatic carbocycles. The Hall–Kier alpha value is -1.25. The molecule has 1 rings (SSSR count). The number of anilines is 1. The lowest BCUT2D eigenvalue weighted by Crippen LogP contribution is -2.00. The van der Waals surface area contributed by atoms with E-state index in [2.05, 4.69) is 17.0 Å². The second kappa shape index (κ2) is 3.23. The first kappa shape index (κ1) is 7.85. The predicted molar refractivity (Wildman–Crippen MR) is 46.5 cm³/mol. The van der Waals surface area contributed by atoms with E-state index < -0.39 is 0 Å². The van der Waals surface area contributed by atoms with Crippen LogP contribution in [-0.2, 0) is 7.05 Å². The van der Waals surface area contributed by atoms with Crippen LogP contribution >= 0.6 is 0 Å². The Morgan fingerprint density at radius 2 is 2.55 bits per heavy atom. The zero-order valence-corrected chi connectivity index (χ0v) is 6.96. The summed E-state index contributed by atoms with van der Waals surface area (Å²) in [5, 5.41) is 7.20. The summed E-state index contributed by atoms with van der Waals surface area (Å²) in [6, 6.07) is 0. The molecule has 1 aromatic heterocycles. The zero-order chi connectivity index (χ0) is 8.27.